The van der Waals surface area contributed by atoms with Crippen LogP contribution in [0.4, 0.5) is 0 Å². The minimum absolute atomic E-state index is 0.797. The molecule has 628 valence electrons. The molecule has 13 aromatic heterocycles. The fourth-order valence-electron chi connectivity index (χ4n) is 22.6. The van der Waals surface area contributed by atoms with Gasteiger partial charge in [-0.05, 0) is 126 Å². The summed E-state index contributed by atoms with van der Waals surface area (Å²) in [5.41, 5.74) is 26.7. The Morgan fingerprint density at radius 1 is 0.156 bits per heavy atom. The Kier molecular flexibility index (Phi) is 16.0. The number of fused-ring (bicyclic) bond motifs is 27. The minimum Gasteiger partial charge on any atom is -0.456 e. The number of para-hydroxylation sites is 15. The third-order valence-corrected chi connectivity index (χ3v) is 28.1. The van der Waals surface area contributed by atoms with E-state index in [2.05, 4.69) is 460 Å². The van der Waals surface area contributed by atoms with Crippen LogP contribution in [0.25, 0.3) is 265 Å². The quantitative estimate of drug-likeness (QED) is 0.136. The highest BCUT2D eigenvalue weighted by molar-refractivity contribution is 6.20. The molecule has 0 aliphatic heterocycles. The smallest absolute Gasteiger partial charge is 0.165 e. The number of hydrogen-bond donors (Lipinski definition) is 0. The zero-order chi connectivity index (χ0) is 88.2. The van der Waals surface area contributed by atoms with Gasteiger partial charge >= 0.3 is 0 Å². The van der Waals surface area contributed by atoms with Gasteiger partial charge in [0.15, 0.2) is 23.3 Å². The maximum absolute atomic E-state index is 6.85. The summed E-state index contributed by atoms with van der Waals surface area (Å²) in [4.78, 5) is 21.9. The van der Waals surface area contributed by atoms with Crippen LogP contribution in [0.3, 0.4) is 0 Å². The molecule has 17 aromatic carbocycles. The van der Waals surface area contributed by atoms with Gasteiger partial charge in [0.2, 0.25) is 0 Å². The molecule has 0 saturated carbocycles. The molecule has 13 heterocycles. The third-order valence-electron chi connectivity index (χ3n) is 28.1. The summed E-state index contributed by atoms with van der Waals surface area (Å²) in [5.74, 6) is 3.20. The summed E-state index contributed by atoms with van der Waals surface area (Å²) in [5, 5.41) is 20.5. The molecule has 13 nitrogen and oxygen atoms in total. The first-order valence-corrected chi connectivity index (χ1v) is 45.8. The van der Waals surface area contributed by atoms with Crippen molar-refractivity contribution in [3.8, 4) is 68.3 Å². The Morgan fingerprint density at radius 2 is 0.363 bits per heavy atom. The average molecular weight is 1720 g/mol. The van der Waals surface area contributed by atoms with Gasteiger partial charge in [0.25, 0.3) is 0 Å². The molecular formula is C122H74N12O. The van der Waals surface area contributed by atoms with Crippen LogP contribution in [-0.4, -0.2) is 56.5 Å². The summed E-state index contributed by atoms with van der Waals surface area (Å²) in [6, 6.07) is 153. The molecule has 0 saturated heterocycles. The monoisotopic (exact) mass is 1720 g/mol. The summed E-state index contributed by atoms with van der Waals surface area (Å²) in [6.07, 6.45) is 7.78. The van der Waals surface area contributed by atoms with Gasteiger partial charge in [-0.2, -0.15) is 0 Å². The molecule has 0 radical (unpaired) electrons. The molecule has 0 N–H and O–H groups in total. The molecule has 0 spiro atoms. The molecule has 30 aromatic rings. The summed E-state index contributed by atoms with van der Waals surface area (Å²) >= 11 is 0. The highest BCUT2D eigenvalue weighted by Crippen LogP contribution is 2.53. The lowest BCUT2D eigenvalue weighted by molar-refractivity contribution is 0.669. The van der Waals surface area contributed by atoms with Gasteiger partial charge in [-0.3, -0.25) is 28.2 Å². The van der Waals surface area contributed by atoms with Gasteiger partial charge in [-0.1, -0.05) is 309 Å². The SMILES string of the molecule is c1ccc(-c2c(-n3c4ccccc4c4ccccc43)c(-n3c4ccccc4c4cnccc43)nc(-n3c4ccccc4c4ccccc43)c2-n2c3ccccc3c3cnccc32)cc1.c1ccc2c(c1)oc1cc(-c3c(-n4c5ccccc5c5ccccc54)c(-n4c5ccccc5c5ccccc54)nc(-n4c5ccccc5c5ccccc54)c3-n3c4ccccc4c4ccccc43)ccc12. The molecule has 0 amide bonds. The number of furan rings is 1. The summed E-state index contributed by atoms with van der Waals surface area (Å²) < 4.78 is 26.3. The minimum atomic E-state index is 0.797. The van der Waals surface area contributed by atoms with E-state index in [1.165, 1.54) is 32.3 Å². The largest absolute Gasteiger partial charge is 0.456 e. The number of pyridine rings is 4. The Labute approximate surface area is 769 Å². The standard InChI is InChI=1S/C65H39N5O.C57H35N7/c1-10-28-51-41(19-1)42-20-2-11-29-52(42)67(51)62-61(40-37-38-50-49-27-9-18-36-59(49)71-60(50)39-40)63(68-53-30-12-3-21-43(53)44-22-4-13-31-54(44)68)65(70-57-34-16-7-25-47(57)48-26-8-17-35-58(48)70)66-64(62)69-55-32-14-5-23-45(55)46-24-6-15-33-56(46)69;1-2-16-36(17-3-1)53-54(61-45-24-10-4-18-37(45)38-19-5-11-25-46(38)61)57(64-50-29-15-9-23-42(50)44-35-59-33-31-52(44)64)60-56(63-48-27-13-6-20-39(48)40-21-7-14-28-49(40)63)55(53)62-47-26-12-8-22-41(47)43-34-58-32-30-51(43)62/h1-39H;1-35H. The van der Waals surface area contributed by atoms with Crippen molar-refractivity contribution in [3.63, 3.8) is 0 Å². The third kappa shape index (κ3) is 10.7. The lowest BCUT2D eigenvalue weighted by atomic mass is 9.99. The second-order valence-electron chi connectivity index (χ2n) is 35.0. The van der Waals surface area contributed by atoms with Crippen molar-refractivity contribution in [3.05, 3.63) is 449 Å². The van der Waals surface area contributed by atoms with Gasteiger partial charge in [0.05, 0.1) is 88.3 Å². The maximum Gasteiger partial charge on any atom is 0.165 e. The van der Waals surface area contributed by atoms with Crippen LogP contribution in [0.5, 0.6) is 0 Å². The van der Waals surface area contributed by atoms with Crippen LogP contribution in [-0.2, 0) is 0 Å². The normalized spacial score (nSPS) is 12.1. The van der Waals surface area contributed by atoms with E-state index in [0.29, 0.717) is 0 Å². The van der Waals surface area contributed by atoms with E-state index < -0.39 is 0 Å². The number of aromatic nitrogens is 12. The Balaban J connectivity index is 0.000000132. The Hall–Kier alpha value is -18.5. The zero-order valence-corrected chi connectivity index (χ0v) is 72.5. The van der Waals surface area contributed by atoms with Crippen LogP contribution < -0.4 is 0 Å². The van der Waals surface area contributed by atoms with Crippen LogP contribution in [0.1, 0.15) is 0 Å². The van der Waals surface area contributed by atoms with Crippen molar-refractivity contribution in [2.45, 2.75) is 0 Å². The maximum atomic E-state index is 6.85. The van der Waals surface area contributed by atoms with E-state index in [0.717, 1.165) is 232 Å². The second kappa shape index (κ2) is 29.0. The van der Waals surface area contributed by atoms with Crippen LogP contribution in [0.15, 0.2) is 454 Å². The van der Waals surface area contributed by atoms with Gasteiger partial charge in [0, 0.05) is 133 Å². The van der Waals surface area contributed by atoms with Gasteiger partial charge in [-0.25, -0.2) is 9.97 Å². The van der Waals surface area contributed by atoms with E-state index in [4.69, 9.17) is 19.4 Å². The first-order chi connectivity index (χ1) is 67.1. The lowest BCUT2D eigenvalue weighted by Gasteiger charge is -2.26. The molecular weight excluding hydrogens is 1650 g/mol. The van der Waals surface area contributed by atoms with E-state index >= 15 is 0 Å². The van der Waals surface area contributed by atoms with Gasteiger partial charge < -0.3 is 22.7 Å². The molecule has 0 aliphatic carbocycles. The number of nitrogens with zero attached hydrogens (tertiary/aromatic N) is 12. The fraction of sp³-hybridized carbons (Fsp3) is 0. The first-order valence-electron chi connectivity index (χ1n) is 45.8. The number of rotatable bonds is 10. The summed E-state index contributed by atoms with van der Waals surface area (Å²) in [6.45, 7) is 0. The molecule has 0 fully saturated rings. The van der Waals surface area contributed by atoms with Crippen molar-refractivity contribution < 1.29 is 4.42 Å². The highest BCUT2D eigenvalue weighted by Gasteiger charge is 2.36. The molecule has 0 atom stereocenters. The average Bonchev–Trinajstić information content (AvgIpc) is 1.55. The lowest BCUT2D eigenvalue weighted by Crippen LogP contribution is -2.16. The van der Waals surface area contributed by atoms with E-state index in [1.54, 1.807) is 0 Å². The van der Waals surface area contributed by atoms with Crippen molar-refractivity contribution in [1.29, 1.82) is 0 Å². The van der Waals surface area contributed by atoms with Crippen LogP contribution >= 0.6 is 0 Å². The molecule has 135 heavy (non-hydrogen) atoms. The van der Waals surface area contributed by atoms with Crippen molar-refractivity contribution >= 4 is 196 Å². The predicted molar refractivity (Wildman–Crippen MR) is 557 cm³/mol. The summed E-state index contributed by atoms with van der Waals surface area (Å²) in [7, 11) is 0. The highest BCUT2D eigenvalue weighted by atomic mass is 16.3. The fourth-order valence-corrected chi connectivity index (χ4v) is 22.6. The van der Waals surface area contributed by atoms with E-state index in [1.807, 2.05) is 30.9 Å². The number of hydrogen-bond acceptors (Lipinski definition) is 5. The van der Waals surface area contributed by atoms with E-state index in [9.17, 15) is 0 Å². The van der Waals surface area contributed by atoms with Crippen molar-refractivity contribution in [1.82, 2.24) is 56.5 Å². The molecule has 30 rings (SSSR count). The van der Waals surface area contributed by atoms with Crippen LogP contribution in [0.2, 0.25) is 0 Å². The van der Waals surface area contributed by atoms with E-state index in [-0.39, 0.29) is 0 Å². The molecule has 0 aliphatic rings. The second-order valence-corrected chi connectivity index (χ2v) is 35.0. The van der Waals surface area contributed by atoms with Crippen LogP contribution in [0, 0.1) is 0 Å². The van der Waals surface area contributed by atoms with Gasteiger partial charge in [-0.15, -0.1) is 0 Å². The molecule has 0 unspecified atom stereocenters. The number of benzene rings is 17. The first kappa shape index (κ1) is 74.5. The predicted octanol–water partition coefficient (Wildman–Crippen LogP) is 31.0. The Bertz CT molecular complexity index is 9340. The van der Waals surface area contributed by atoms with Crippen molar-refractivity contribution in [2.75, 3.05) is 0 Å². The van der Waals surface area contributed by atoms with Crippen molar-refractivity contribution in [2.24, 2.45) is 0 Å². The van der Waals surface area contributed by atoms with Gasteiger partial charge in [0.1, 0.15) is 33.9 Å². The molecule has 13 heteroatoms. The Morgan fingerprint density at radius 3 is 0.644 bits per heavy atom. The zero-order valence-electron chi connectivity index (χ0n) is 72.5. The molecule has 0 bridgehead atoms. The topological polar surface area (TPSA) is 104 Å².